The summed E-state index contributed by atoms with van der Waals surface area (Å²) in [6, 6.07) is 9.64. The zero-order valence-electron chi connectivity index (χ0n) is 25.7. The van der Waals surface area contributed by atoms with Crippen LogP contribution in [-0.2, 0) is 11.3 Å². The number of nitriles is 1. The van der Waals surface area contributed by atoms with Crippen molar-refractivity contribution in [3.8, 4) is 28.8 Å². The Morgan fingerprint density at radius 1 is 1.04 bits per heavy atom. The summed E-state index contributed by atoms with van der Waals surface area (Å²) in [6.45, 7) is 4.12. The van der Waals surface area contributed by atoms with Crippen LogP contribution >= 0.6 is 11.6 Å². The normalized spacial score (nSPS) is 23.5. The summed E-state index contributed by atoms with van der Waals surface area (Å²) < 4.78 is 21.3. The van der Waals surface area contributed by atoms with E-state index in [4.69, 9.17) is 36.2 Å². The van der Waals surface area contributed by atoms with E-state index in [0.717, 1.165) is 50.0 Å². The Balaban J connectivity index is 1.01. The minimum atomic E-state index is -0.175. The number of rotatable bonds is 11. The first kappa shape index (κ1) is 30.4. The number of benzene rings is 1. The molecule has 0 spiro atoms. The summed E-state index contributed by atoms with van der Waals surface area (Å²) >= 11 is 6.44. The number of fused-ring (bicyclic) bond motifs is 2. The van der Waals surface area contributed by atoms with Gasteiger partial charge in [0, 0.05) is 36.1 Å². The number of morpholine rings is 1. The van der Waals surface area contributed by atoms with Crippen LogP contribution in [-0.4, -0.2) is 83.5 Å². The lowest BCUT2D eigenvalue weighted by atomic mass is 9.89. The lowest BCUT2D eigenvalue weighted by molar-refractivity contribution is -0.0458. The molecule has 13 nitrogen and oxygen atoms in total. The summed E-state index contributed by atoms with van der Waals surface area (Å²) in [5.74, 6) is 1.32. The topological polar surface area (TPSA) is 141 Å². The molecule has 1 aromatic carbocycles. The molecule has 2 bridgehead atoms. The SMILES string of the molecule is C[C@@H](Cn1cncn1)Oc1cc(-c2cnc(Nc3cn([C@H]4CC[C@H](N5[C@@H]6CC[C@H]5COC6)CC4)nc3OCC#N)nc2)ccc1Cl. The van der Waals surface area contributed by atoms with Gasteiger partial charge in [-0.1, -0.05) is 17.7 Å². The van der Waals surface area contributed by atoms with E-state index in [9.17, 15) is 0 Å². The van der Waals surface area contributed by atoms with Crippen LogP contribution < -0.4 is 14.8 Å². The molecule has 3 fully saturated rings. The first-order valence-corrected chi connectivity index (χ1v) is 16.2. The molecule has 5 heterocycles. The second-order valence-electron chi connectivity index (χ2n) is 12.2. The molecule has 1 N–H and O–H groups in total. The molecule has 0 amide bonds. The van der Waals surface area contributed by atoms with Crippen LogP contribution in [0.25, 0.3) is 11.1 Å². The van der Waals surface area contributed by atoms with Crippen molar-refractivity contribution in [2.24, 2.45) is 0 Å². The first-order valence-electron chi connectivity index (χ1n) is 15.9. The van der Waals surface area contributed by atoms with Gasteiger partial charge in [0.05, 0.1) is 37.0 Å². The predicted molar refractivity (Wildman–Crippen MR) is 170 cm³/mol. The molecule has 1 saturated carbocycles. The van der Waals surface area contributed by atoms with Gasteiger partial charge in [-0.25, -0.2) is 19.6 Å². The first-order chi connectivity index (χ1) is 22.5. The predicted octanol–water partition coefficient (Wildman–Crippen LogP) is 5.05. The quantitative estimate of drug-likeness (QED) is 0.235. The van der Waals surface area contributed by atoms with E-state index in [1.165, 1.54) is 19.2 Å². The smallest absolute Gasteiger partial charge is 0.257 e. The monoisotopic (exact) mass is 644 g/mol. The summed E-state index contributed by atoms with van der Waals surface area (Å²) in [4.78, 5) is 15.8. The fourth-order valence-corrected chi connectivity index (χ4v) is 7.17. The third-order valence-corrected chi connectivity index (χ3v) is 9.44. The highest BCUT2D eigenvalue weighted by Crippen LogP contribution is 2.39. The third-order valence-electron chi connectivity index (χ3n) is 9.13. The van der Waals surface area contributed by atoms with Gasteiger partial charge in [0.15, 0.2) is 6.61 Å². The van der Waals surface area contributed by atoms with E-state index in [1.807, 2.05) is 36.0 Å². The van der Waals surface area contributed by atoms with E-state index < -0.39 is 0 Å². The molecule has 3 aliphatic rings. The van der Waals surface area contributed by atoms with Crippen molar-refractivity contribution in [2.45, 2.75) is 82.3 Å². The van der Waals surface area contributed by atoms with E-state index >= 15 is 0 Å². The van der Waals surface area contributed by atoms with Crippen LogP contribution in [0.3, 0.4) is 0 Å². The van der Waals surface area contributed by atoms with Crippen LogP contribution in [0.4, 0.5) is 11.6 Å². The van der Waals surface area contributed by atoms with Crippen LogP contribution in [0.15, 0.2) is 49.4 Å². The Morgan fingerprint density at radius 3 is 2.50 bits per heavy atom. The molecule has 3 aromatic heterocycles. The number of anilines is 2. The van der Waals surface area contributed by atoms with Crippen molar-refractivity contribution in [1.29, 1.82) is 5.26 Å². The van der Waals surface area contributed by atoms with Crippen LogP contribution in [0.2, 0.25) is 5.02 Å². The van der Waals surface area contributed by atoms with Crippen molar-refractivity contribution in [2.75, 3.05) is 25.1 Å². The summed E-state index contributed by atoms with van der Waals surface area (Å²) in [7, 11) is 0. The highest BCUT2D eigenvalue weighted by molar-refractivity contribution is 6.32. The van der Waals surface area contributed by atoms with E-state index in [0.29, 0.717) is 53.0 Å². The van der Waals surface area contributed by atoms with Crippen LogP contribution in [0, 0.1) is 11.3 Å². The Hall–Kier alpha value is -4.25. The van der Waals surface area contributed by atoms with Crippen LogP contribution in [0.5, 0.6) is 11.6 Å². The molecule has 4 aromatic rings. The molecule has 46 heavy (non-hydrogen) atoms. The molecule has 14 heteroatoms. The lowest BCUT2D eigenvalue weighted by Crippen LogP contribution is -2.52. The van der Waals surface area contributed by atoms with Gasteiger partial charge in [-0.15, -0.1) is 5.10 Å². The fourth-order valence-electron chi connectivity index (χ4n) is 7.01. The molecule has 2 aliphatic heterocycles. The maximum Gasteiger partial charge on any atom is 0.257 e. The van der Waals surface area contributed by atoms with Gasteiger partial charge in [0.25, 0.3) is 5.88 Å². The Kier molecular flexibility index (Phi) is 9.00. The summed E-state index contributed by atoms with van der Waals surface area (Å²) in [5.41, 5.74) is 2.29. The molecule has 2 saturated heterocycles. The summed E-state index contributed by atoms with van der Waals surface area (Å²) in [6.07, 6.45) is 15.2. The second-order valence-corrected chi connectivity index (χ2v) is 12.6. The zero-order chi connectivity index (χ0) is 31.5. The maximum atomic E-state index is 9.15. The minimum Gasteiger partial charge on any atom is -0.487 e. The number of aromatic nitrogens is 7. The Bertz CT molecular complexity index is 1630. The number of hydrogen-bond donors (Lipinski definition) is 1. The van der Waals surface area contributed by atoms with E-state index in [-0.39, 0.29) is 18.8 Å². The van der Waals surface area contributed by atoms with Crippen molar-refractivity contribution in [3.63, 3.8) is 0 Å². The largest absolute Gasteiger partial charge is 0.487 e. The van der Waals surface area contributed by atoms with E-state index in [1.54, 1.807) is 29.5 Å². The molecule has 0 unspecified atom stereocenters. The van der Waals surface area contributed by atoms with Gasteiger partial charge >= 0.3 is 0 Å². The van der Waals surface area contributed by atoms with Gasteiger partial charge in [0.2, 0.25) is 5.95 Å². The highest BCUT2D eigenvalue weighted by atomic mass is 35.5. The van der Waals surface area contributed by atoms with Crippen LogP contribution in [0.1, 0.15) is 51.5 Å². The van der Waals surface area contributed by atoms with Crippen molar-refractivity contribution < 1.29 is 14.2 Å². The zero-order valence-corrected chi connectivity index (χ0v) is 26.5. The number of hydrogen-bond acceptors (Lipinski definition) is 11. The van der Waals surface area contributed by atoms with E-state index in [2.05, 4.69) is 30.3 Å². The average molecular weight is 645 g/mol. The number of ether oxygens (including phenoxy) is 3. The molecule has 240 valence electrons. The number of nitrogens with one attached hydrogen (secondary N) is 1. The Morgan fingerprint density at radius 2 is 1.78 bits per heavy atom. The van der Waals surface area contributed by atoms with Crippen molar-refractivity contribution in [1.82, 2.24) is 39.4 Å². The van der Waals surface area contributed by atoms with Crippen molar-refractivity contribution in [3.05, 3.63) is 54.5 Å². The summed E-state index contributed by atoms with van der Waals surface area (Å²) in [5, 5.41) is 21.8. The average Bonchev–Trinajstić information content (AvgIpc) is 3.79. The number of halogens is 1. The molecule has 7 rings (SSSR count). The lowest BCUT2D eigenvalue weighted by Gasteiger charge is -2.43. The van der Waals surface area contributed by atoms with Gasteiger partial charge in [-0.05, 0) is 63.1 Å². The third kappa shape index (κ3) is 6.65. The van der Waals surface area contributed by atoms with Gasteiger partial charge in [-0.3, -0.25) is 9.58 Å². The maximum absolute atomic E-state index is 9.15. The highest BCUT2D eigenvalue weighted by Gasteiger charge is 2.42. The minimum absolute atomic E-state index is 0.101. The Labute approximate surface area is 272 Å². The van der Waals surface area contributed by atoms with Gasteiger partial charge in [-0.2, -0.15) is 10.4 Å². The molecule has 3 atom stereocenters. The second kappa shape index (κ2) is 13.6. The van der Waals surface area contributed by atoms with Gasteiger partial charge < -0.3 is 19.5 Å². The van der Waals surface area contributed by atoms with Crippen molar-refractivity contribution >= 4 is 23.2 Å². The standard InChI is InChI=1S/C32H37ClN10O3/c1-21(15-41-20-35-19-38-41)46-30-12-22(2-9-28(30)33)23-13-36-32(37-14-23)39-29-16-42(40-31(29)45-11-10-34)24-3-5-25(6-4-24)43-26-7-8-27(43)18-44-17-26/h2,9,12-14,16,19-21,24-27H,3-8,11,15,17-18H2,1H3,(H,36,37,39)/t21-,24-,25-,26-,27+/m0/s1. The molecule has 1 aliphatic carbocycles. The molecule has 0 radical (unpaired) electrons. The number of nitrogens with zero attached hydrogens (tertiary/aromatic N) is 9. The molecular formula is C32H37ClN10O3. The fraction of sp³-hybridized carbons (Fsp3) is 0.500. The molecular weight excluding hydrogens is 608 g/mol. The van der Waals surface area contributed by atoms with Gasteiger partial charge in [0.1, 0.15) is 36.3 Å².